The largest absolute Gasteiger partial charge is 0.368 e. The Morgan fingerprint density at radius 1 is 1.24 bits per heavy atom. The number of fused-ring (bicyclic) bond motifs is 4. The Morgan fingerprint density at radius 2 is 1.96 bits per heavy atom. The van der Waals surface area contributed by atoms with Crippen molar-refractivity contribution in [2.45, 2.75) is 25.8 Å². The number of aryl methyl sites for hydroxylation is 1. The van der Waals surface area contributed by atoms with Gasteiger partial charge < -0.3 is 10.6 Å². The van der Waals surface area contributed by atoms with E-state index in [1.54, 1.807) is 17.9 Å². The summed E-state index contributed by atoms with van der Waals surface area (Å²) in [4.78, 5) is 22.7. The zero-order valence-electron chi connectivity index (χ0n) is 14.7. The summed E-state index contributed by atoms with van der Waals surface area (Å²) in [6, 6.07) is 1.46. The Labute approximate surface area is 148 Å². The lowest BCUT2D eigenvalue weighted by Gasteiger charge is -2.36. The lowest BCUT2D eigenvalue weighted by Crippen LogP contribution is -2.48. The average Bonchev–Trinajstić information content (AvgIpc) is 2.85. The van der Waals surface area contributed by atoms with Crippen LogP contribution in [0.4, 0.5) is 5.95 Å². The molecule has 0 saturated carbocycles. The quantitative estimate of drug-likeness (QED) is 0.784. The standard InChI is InChI=1S/C15H24N6O3S/c1-10-6-13(18-15(16)17-10)14(22)21-8-11-4-5-12(21)9-20(7-11)25(23,24)19(2)3/h6,11-12H,4-5,7-9H2,1-3H3,(H2,16,17,18)/t11-,12+/m1/s1. The molecule has 25 heavy (non-hydrogen) atoms. The van der Waals surface area contributed by atoms with E-state index < -0.39 is 10.2 Å². The summed E-state index contributed by atoms with van der Waals surface area (Å²) in [5.74, 6) is -0.0196. The van der Waals surface area contributed by atoms with E-state index in [9.17, 15) is 13.2 Å². The van der Waals surface area contributed by atoms with E-state index in [1.165, 1.54) is 22.7 Å². The van der Waals surface area contributed by atoms with Crippen molar-refractivity contribution in [1.82, 2.24) is 23.5 Å². The third-order valence-corrected chi connectivity index (χ3v) is 6.69. The van der Waals surface area contributed by atoms with Crippen LogP contribution in [0.5, 0.6) is 0 Å². The van der Waals surface area contributed by atoms with Gasteiger partial charge in [-0.3, -0.25) is 4.79 Å². The van der Waals surface area contributed by atoms with E-state index >= 15 is 0 Å². The first-order chi connectivity index (χ1) is 11.7. The number of nitrogens with zero attached hydrogens (tertiary/aromatic N) is 5. The molecular formula is C15H24N6O3S. The zero-order chi connectivity index (χ0) is 18.4. The van der Waals surface area contributed by atoms with Gasteiger partial charge in [0, 0.05) is 45.5 Å². The van der Waals surface area contributed by atoms with Crippen molar-refractivity contribution in [1.29, 1.82) is 0 Å². The minimum Gasteiger partial charge on any atom is -0.368 e. The molecule has 2 atom stereocenters. The van der Waals surface area contributed by atoms with Gasteiger partial charge in [-0.15, -0.1) is 0 Å². The Balaban J connectivity index is 1.87. The molecule has 4 heterocycles. The maximum absolute atomic E-state index is 12.9. The summed E-state index contributed by atoms with van der Waals surface area (Å²) in [6.07, 6.45) is 1.70. The zero-order valence-corrected chi connectivity index (χ0v) is 15.5. The predicted octanol–water partition coefficient (Wildman–Crippen LogP) is -0.290. The van der Waals surface area contributed by atoms with E-state index in [4.69, 9.17) is 5.73 Å². The third-order valence-electron chi connectivity index (χ3n) is 4.82. The van der Waals surface area contributed by atoms with Crippen LogP contribution in [-0.4, -0.2) is 77.6 Å². The fraction of sp³-hybridized carbons (Fsp3) is 0.667. The first kappa shape index (κ1) is 18.0. The van der Waals surface area contributed by atoms with Gasteiger partial charge in [0.2, 0.25) is 5.95 Å². The lowest BCUT2D eigenvalue weighted by molar-refractivity contribution is 0.0582. The van der Waals surface area contributed by atoms with E-state index in [1.807, 2.05) is 0 Å². The predicted molar refractivity (Wildman–Crippen MR) is 92.9 cm³/mol. The molecule has 4 rings (SSSR count). The number of nitrogens with two attached hydrogens (primary N) is 1. The summed E-state index contributed by atoms with van der Waals surface area (Å²) in [5.41, 5.74) is 6.56. The van der Waals surface area contributed by atoms with E-state index in [2.05, 4.69) is 9.97 Å². The van der Waals surface area contributed by atoms with E-state index in [0.717, 1.165) is 12.8 Å². The van der Waals surface area contributed by atoms with Crippen molar-refractivity contribution >= 4 is 22.1 Å². The SMILES string of the molecule is Cc1cc(C(=O)N2C[C@@H]3CC[C@H]2CN(S(=O)(=O)N(C)C)C3)nc(N)n1. The van der Waals surface area contributed by atoms with Crippen LogP contribution in [-0.2, 0) is 10.2 Å². The minimum atomic E-state index is -3.49. The second-order valence-electron chi connectivity index (χ2n) is 6.91. The van der Waals surface area contributed by atoms with Crippen LogP contribution in [0.25, 0.3) is 0 Å². The molecule has 3 aliphatic heterocycles. The molecule has 3 saturated heterocycles. The van der Waals surface area contributed by atoms with Crippen molar-refractivity contribution in [3.8, 4) is 0 Å². The first-order valence-corrected chi connectivity index (χ1v) is 9.68. The number of rotatable bonds is 3. The monoisotopic (exact) mass is 368 g/mol. The summed E-state index contributed by atoms with van der Waals surface area (Å²) in [6.45, 7) is 3.04. The normalized spacial score (nSPS) is 24.6. The van der Waals surface area contributed by atoms with Crippen LogP contribution in [0, 0.1) is 12.8 Å². The number of aromatic nitrogens is 2. The maximum Gasteiger partial charge on any atom is 0.281 e. The molecule has 1 aromatic rings. The summed E-state index contributed by atoms with van der Waals surface area (Å²) >= 11 is 0. The van der Waals surface area contributed by atoms with E-state index in [0.29, 0.717) is 25.3 Å². The molecule has 0 radical (unpaired) electrons. The molecule has 1 amide bonds. The fourth-order valence-electron chi connectivity index (χ4n) is 3.56. The van der Waals surface area contributed by atoms with Crippen LogP contribution in [0.2, 0.25) is 0 Å². The number of carbonyl (C=O) groups is 1. The minimum absolute atomic E-state index is 0.0696. The van der Waals surface area contributed by atoms with E-state index in [-0.39, 0.29) is 29.5 Å². The van der Waals surface area contributed by atoms with Gasteiger partial charge in [-0.05, 0) is 31.7 Å². The number of amides is 1. The van der Waals surface area contributed by atoms with Crippen LogP contribution in [0.3, 0.4) is 0 Å². The Morgan fingerprint density at radius 3 is 2.60 bits per heavy atom. The molecule has 3 fully saturated rings. The van der Waals surface area contributed by atoms with Gasteiger partial charge in [0.25, 0.3) is 16.1 Å². The molecule has 0 unspecified atom stereocenters. The van der Waals surface area contributed by atoms with Crippen LogP contribution in [0.1, 0.15) is 29.0 Å². The van der Waals surface area contributed by atoms with Crippen LogP contribution in [0.15, 0.2) is 6.07 Å². The summed E-state index contributed by atoms with van der Waals surface area (Å²) in [5, 5.41) is 0. The maximum atomic E-state index is 12.9. The van der Waals surface area contributed by atoms with Crippen molar-refractivity contribution in [3.05, 3.63) is 17.5 Å². The highest BCUT2D eigenvalue weighted by molar-refractivity contribution is 7.86. The molecule has 0 aliphatic carbocycles. The van der Waals surface area contributed by atoms with Gasteiger partial charge in [0.1, 0.15) is 5.69 Å². The highest BCUT2D eigenvalue weighted by atomic mass is 32.2. The smallest absolute Gasteiger partial charge is 0.281 e. The van der Waals surface area contributed by atoms with Crippen molar-refractivity contribution in [3.63, 3.8) is 0 Å². The second-order valence-corrected chi connectivity index (χ2v) is 9.06. The van der Waals surface area contributed by atoms with Gasteiger partial charge in [-0.25, -0.2) is 9.97 Å². The molecule has 2 bridgehead atoms. The Kier molecular flexibility index (Phi) is 4.69. The average molecular weight is 368 g/mol. The molecular weight excluding hydrogens is 344 g/mol. The number of nitrogen functional groups attached to an aromatic ring is 1. The molecule has 0 spiro atoms. The van der Waals surface area contributed by atoms with Gasteiger partial charge in [0.05, 0.1) is 0 Å². The Hall–Kier alpha value is -1.78. The Bertz CT molecular complexity index is 761. The van der Waals surface area contributed by atoms with Crippen LogP contribution < -0.4 is 5.73 Å². The second kappa shape index (κ2) is 6.50. The number of hydrogen-bond acceptors (Lipinski definition) is 6. The lowest BCUT2D eigenvalue weighted by atomic mass is 9.94. The highest BCUT2D eigenvalue weighted by Gasteiger charge is 2.41. The molecule has 9 nitrogen and oxygen atoms in total. The summed E-state index contributed by atoms with van der Waals surface area (Å²) in [7, 11) is -0.443. The molecule has 10 heteroatoms. The van der Waals surface area contributed by atoms with Crippen molar-refractivity contribution < 1.29 is 13.2 Å². The fourth-order valence-corrected chi connectivity index (χ4v) is 4.78. The third kappa shape index (κ3) is 3.46. The van der Waals surface area contributed by atoms with Gasteiger partial charge in [-0.1, -0.05) is 0 Å². The summed E-state index contributed by atoms with van der Waals surface area (Å²) < 4.78 is 27.7. The first-order valence-electron chi connectivity index (χ1n) is 8.28. The number of carbonyl (C=O) groups excluding carboxylic acids is 1. The van der Waals surface area contributed by atoms with Gasteiger partial charge in [0.15, 0.2) is 0 Å². The molecule has 138 valence electrons. The van der Waals surface area contributed by atoms with Crippen molar-refractivity contribution in [2.75, 3.05) is 39.5 Å². The number of hydrogen-bond donors (Lipinski definition) is 1. The van der Waals surface area contributed by atoms with Crippen LogP contribution >= 0.6 is 0 Å². The molecule has 0 aromatic carbocycles. The van der Waals surface area contributed by atoms with Gasteiger partial charge >= 0.3 is 0 Å². The number of piperidine rings is 1. The topological polar surface area (TPSA) is 113 Å². The molecule has 1 aromatic heterocycles. The molecule has 3 aliphatic rings. The number of anilines is 1. The van der Waals surface area contributed by atoms with Gasteiger partial charge in [-0.2, -0.15) is 17.0 Å². The highest BCUT2D eigenvalue weighted by Crippen LogP contribution is 2.30. The van der Waals surface area contributed by atoms with Crippen molar-refractivity contribution in [2.24, 2.45) is 5.92 Å². The molecule has 2 N–H and O–H groups in total.